The molecule has 0 aromatic carbocycles. The van der Waals surface area contributed by atoms with Crippen molar-refractivity contribution in [1.29, 1.82) is 0 Å². The molecule has 2 aliphatic rings. The molecule has 2 aliphatic heterocycles. The molecular formula is C17H29N3O2. The van der Waals surface area contributed by atoms with E-state index >= 15 is 0 Å². The molecule has 1 saturated heterocycles. The Morgan fingerprint density at radius 2 is 2.05 bits per heavy atom. The van der Waals surface area contributed by atoms with Crippen molar-refractivity contribution >= 4 is 11.8 Å². The van der Waals surface area contributed by atoms with Crippen LogP contribution in [0.3, 0.4) is 0 Å². The number of rotatable bonds is 3. The number of hydrogen-bond acceptors (Lipinski definition) is 5. The van der Waals surface area contributed by atoms with Crippen LogP contribution in [0.1, 0.15) is 41.0 Å². The smallest absolute Gasteiger partial charge is 0.319 e. The van der Waals surface area contributed by atoms with E-state index in [-0.39, 0.29) is 17.4 Å². The predicted molar refractivity (Wildman–Crippen MR) is 88.8 cm³/mol. The molecule has 22 heavy (non-hydrogen) atoms. The third-order valence-corrected chi connectivity index (χ3v) is 4.43. The van der Waals surface area contributed by atoms with Gasteiger partial charge in [0.05, 0.1) is 19.7 Å². The van der Waals surface area contributed by atoms with Crippen molar-refractivity contribution < 1.29 is 9.53 Å². The zero-order valence-corrected chi connectivity index (χ0v) is 14.8. The SMILES string of the molecule is CCC1=N[C@@H](C)C(C(C)(C)C)=C2CN(CC(=O)OC)CCN12. The van der Waals surface area contributed by atoms with Gasteiger partial charge in [0.15, 0.2) is 0 Å². The highest BCUT2D eigenvalue weighted by Crippen LogP contribution is 2.37. The Morgan fingerprint density at radius 3 is 2.59 bits per heavy atom. The van der Waals surface area contributed by atoms with Crippen molar-refractivity contribution in [3.63, 3.8) is 0 Å². The second-order valence-corrected chi connectivity index (χ2v) is 7.12. The normalized spacial score (nSPS) is 23.3. The van der Waals surface area contributed by atoms with E-state index in [1.165, 1.54) is 24.2 Å². The molecule has 0 saturated carbocycles. The van der Waals surface area contributed by atoms with Crippen molar-refractivity contribution in [3.05, 3.63) is 11.3 Å². The van der Waals surface area contributed by atoms with Gasteiger partial charge in [0.1, 0.15) is 5.84 Å². The van der Waals surface area contributed by atoms with Gasteiger partial charge < -0.3 is 9.64 Å². The van der Waals surface area contributed by atoms with E-state index < -0.39 is 0 Å². The van der Waals surface area contributed by atoms with Crippen LogP contribution >= 0.6 is 0 Å². The molecule has 1 atom stereocenters. The summed E-state index contributed by atoms with van der Waals surface area (Å²) in [7, 11) is 1.45. The fraction of sp³-hybridized carbons (Fsp3) is 0.765. The predicted octanol–water partition coefficient (Wildman–Crippen LogP) is 2.29. The highest BCUT2D eigenvalue weighted by Gasteiger charge is 2.36. The monoisotopic (exact) mass is 307 g/mol. The molecule has 5 nitrogen and oxygen atoms in total. The molecule has 0 aromatic heterocycles. The molecular weight excluding hydrogens is 278 g/mol. The average molecular weight is 307 g/mol. The third kappa shape index (κ3) is 3.35. The zero-order valence-electron chi connectivity index (χ0n) is 14.8. The van der Waals surface area contributed by atoms with Crippen LogP contribution in [-0.2, 0) is 9.53 Å². The molecule has 0 amide bonds. The number of methoxy groups -OCH3 is 1. The van der Waals surface area contributed by atoms with Crippen LogP contribution in [0.4, 0.5) is 0 Å². The number of ether oxygens (including phenoxy) is 1. The summed E-state index contributed by atoms with van der Waals surface area (Å²) in [4.78, 5) is 21.0. The summed E-state index contributed by atoms with van der Waals surface area (Å²) in [5.74, 6) is 1.01. The molecule has 0 N–H and O–H groups in total. The van der Waals surface area contributed by atoms with Gasteiger partial charge in [-0.15, -0.1) is 0 Å². The fourth-order valence-electron chi connectivity index (χ4n) is 3.59. The first-order valence-electron chi connectivity index (χ1n) is 8.14. The molecule has 5 heteroatoms. The van der Waals surface area contributed by atoms with Gasteiger partial charge in [-0.25, -0.2) is 0 Å². The first-order valence-corrected chi connectivity index (χ1v) is 8.14. The quantitative estimate of drug-likeness (QED) is 0.751. The van der Waals surface area contributed by atoms with E-state index in [1.807, 2.05) is 0 Å². The van der Waals surface area contributed by atoms with Gasteiger partial charge in [-0.2, -0.15) is 0 Å². The molecule has 0 aromatic rings. The summed E-state index contributed by atoms with van der Waals surface area (Å²) >= 11 is 0. The van der Waals surface area contributed by atoms with Gasteiger partial charge in [0.25, 0.3) is 0 Å². The van der Waals surface area contributed by atoms with Gasteiger partial charge >= 0.3 is 5.97 Å². The van der Waals surface area contributed by atoms with E-state index in [2.05, 4.69) is 44.4 Å². The number of carbonyl (C=O) groups excluding carboxylic acids is 1. The average Bonchev–Trinajstić information content (AvgIpc) is 2.44. The minimum atomic E-state index is -0.167. The fourth-order valence-corrected chi connectivity index (χ4v) is 3.59. The van der Waals surface area contributed by atoms with Gasteiger partial charge in [-0.3, -0.25) is 14.7 Å². The van der Waals surface area contributed by atoms with Gasteiger partial charge in [0.2, 0.25) is 0 Å². The standard InChI is InChI=1S/C17H29N3O2/c1-7-14-18-12(2)16(17(3,4)5)13-10-19(8-9-20(13)14)11-15(21)22-6/h12H,7-11H2,1-6H3/t12-/m0/s1. The van der Waals surface area contributed by atoms with Crippen LogP contribution in [0.15, 0.2) is 16.3 Å². The van der Waals surface area contributed by atoms with Crippen molar-refractivity contribution in [2.45, 2.75) is 47.1 Å². The summed E-state index contributed by atoms with van der Waals surface area (Å²) in [5, 5.41) is 0. The second-order valence-electron chi connectivity index (χ2n) is 7.12. The lowest BCUT2D eigenvalue weighted by Crippen LogP contribution is -2.52. The lowest BCUT2D eigenvalue weighted by atomic mass is 9.79. The summed E-state index contributed by atoms with van der Waals surface area (Å²) in [5.41, 5.74) is 2.80. The molecule has 1 fully saturated rings. The molecule has 0 radical (unpaired) electrons. The number of nitrogens with zero attached hydrogens (tertiary/aromatic N) is 3. The summed E-state index contributed by atoms with van der Waals surface area (Å²) in [6, 6.07) is 0.208. The third-order valence-electron chi connectivity index (χ3n) is 4.43. The molecule has 0 unspecified atom stereocenters. The summed E-state index contributed by atoms with van der Waals surface area (Å²) in [6.07, 6.45) is 0.947. The molecule has 2 rings (SSSR count). The Labute approximate surface area is 134 Å². The molecule has 0 bridgehead atoms. The first-order chi connectivity index (χ1) is 10.3. The zero-order chi connectivity index (χ0) is 16.5. The number of hydrogen-bond donors (Lipinski definition) is 0. The maximum atomic E-state index is 11.6. The van der Waals surface area contributed by atoms with Crippen LogP contribution in [0.2, 0.25) is 0 Å². The Bertz CT molecular complexity index is 503. The Kier molecular flexibility index (Phi) is 4.95. The van der Waals surface area contributed by atoms with Crippen LogP contribution < -0.4 is 0 Å². The van der Waals surface area contributed by atoms with Crippen LogP contribution in [0.5, 0.6) is 0 Å². The van der Waals surface area contributed by atoms with Gasteiger partial charge in [-0.05, 0) is 17.9 Å². The Morgan fingerprint density at radius 1 is 1.36 bits per heavy atom. The molecule has 2 heterocycles. The van der Waals surface area contributed by atoms with Gasteiger partial charge in [-0.1, -0.05) is 27.7 Å². The minimum absolute atomic E-state index is 0.0735. The second kappa shape index (κ2) is 6.41. The van der Waals surface area contributed by atoms with Crippen molar-refractivity contribution in [1.82, 2.24) is 9.80 Å². The van der Waals surface area contributed by atoms with E-state index in [0.717, 1.165) is 26.1 Å². The van der Waals surface area contributed by atoms with Crippen molar-refractivity contribution in [3.8, 4) is 0 Å². The molecule has 124 valence electrons. The van der Waals surface area contributed by atoms with Crippen LogP contribution in [0.25, 0.3) is 0 Å². The number of piperazine rings is 1. The number of amidine groups is 1. The van der Waals surface area contributed by atoms with E-state index in [0.29, 0.717) is 6.54 Å². The first kappa shape index (κ1) is 17.0. The Balaban J connectivity index is 2.33. The van der Waals surface area contributed by atoms with Crippen LogP contribution in [0, 0.1) is 5.41 Å². The number of esters is 1. The largest absolute Gasteiger partial charge is 0.468 e. The highest BCUT2D eigenvalue weighted by molar-refractivity contribution is 5.85. The summed E-state index contributed by atoms with van der Waals surface area (Å²) in [6.45, 7) is 14.0. The number of aliphatic imine (C=N–C) groups is 1. The highest BCUT2D eigenvalue weighted by atomic mass is 16.5. The lowest BCUT2D eigenvalue weighted by molar-refractivity contribution is -0.142. The molecule has 0 aliphatic carbocycles. The molecule has 0 spiro atoms. The minimum Gasteiger partial charge on any atom is -0.468 e. The maximum absolute atomic E-state index is 11.6. The van der Waals surface area contributed by atoms with Crippen LogP contribution in [-0.4, -0.2) is 60.9 Å². The van der Waals surface area contributed by atoms with E-state index in [1.54, 1.807) is 0 Å². The number of carbonyl (C=O) groups is 1. The van der Waals surface area contributed by atoms with Crippen molar-refractivity contribution in [2.75, 3.05) is 33.3 Å². The maximum Gasteiger partial charge on any atom is 0.319 e. The van der Waals surface area contributed by atoms with Gasteiger partial charge in [0, 0.05) is 31.8 Å². The Hall–Kier alpha value is -1.36. The number of fused-ring (bicyclic) bond motifs is 1. The topological polar surface area (TPSA) is 45.1 Å². The lowest BCUT2D eigenvalue weighted by Gasteiger charge is -2.45. The summed E-state index contributed by atoms with van der Waals surface area (Å²) < 4.78 is 4.81. The van der Waals surface area contributed by atoms with E-state index in [9.17, 15) is 4.79 Å². The van der Waals surface area contributed by atoms with Crippen molar-refractivity contribution in [2.24, 2.45) is 10.4 Å². The van der Waals surface area contributed by atoms with E-state index in [4.69, 9.17) is 9.73 Å².